The number of hydrazine groups is 1. The molecule has 1 aliphatic rings. The van der Waals surface area contributed by atoms with Gasteiger partial charge in [0.15, 0.2) is 5.16 Å². The van der Waals surface area contributed by atoms with Gasteiger partial charge < -0.3 is 9.47 Å². The van der Waals surface area contributed by atoms with Gasteiger partial charge in [0, 0.05) is 12.4 Å². The minimum Gasteiger partial charge on any atom is -0.467 e. The van der Waals surface area contributed by atoms with Crippen LogP contribution in [0.2, 0.25) is 0 Å². The van der Waals surface area contributed by atoms with E-state index >= 15 is 0 Å². The van der Waals surface area contributed by atoms with Gasteiger partial charge in [-0.2, -0.15) is 15.0 Å². The molecule has 0 aliphatic carbocycles. The number of rotatable bonds is 5. The number of nitrogens with zero attached hydrogens (tertiary/aromatic N) is 3. The number of thioether (sulfide) groups is 1. The van der Waals surface area contributed by atoms with Crippen molar-refractivity contribution in [2.24, 2.45) is 5.84 Å². The summed E-state index contributed by atoms with van der Waals surface area (Å²) in [5.74, 6) is 6.40. The van der Waals surface area contributed by atoms with Crippen LogP contribution in [0, 0.1) is 0 Å². The molecule has 1 saturated heterocycles. The van der Waals surface area contributed by atoms with Gasteiger partial charge in [0.25, 0.3) is 0 Å². The molecule has 0 spiro atoms. The maximum Gasteiger partial charge on any atom is 0.321 e. The number of methoxy groups -OCH3 is 1. The van der Waals surface area contributed by atoms with Crippen molar-refractivity contribution in [2.75, 3.05) is 24.9 Å². The van der Waals surface area contributed by atoms with Gasteiger partial charge in [0.1, 0.15) is 0 Å². The van der Waals surface area contributed by atoms with Crippen molar-refractivity contribution in [1.82, 2.24) is 15.0 Å². The van der Waals surface area contributed by atoms with Gasteiger partial charge in [-0.25, -0.2) is 5.84 Å². The molecule has 2 rings (SSSR count). The summed E-state index contributed by atoms with van der Waals surface area (Å²) in [5, 5.41) is 0.584. The molecule has 0 saturated carbocycles. The van der Waals surface area contributed by atoms with Gasteiger partial charge >= 0.3 is 6.01 Å². The van der Waals surface area contributed by atoms with E-state index < -0.39 is 0 Å². The first kappa shape index (κ1) is 12.3. The van der Waals surface area contributed by atoms with Crippen LogP contribution in [-0.2, 0) is 4.74 Å². The van der Waals surface area contributed by atoms with E-state index in [1.54, 1.807) is 0 Å². The fourth-order valence-electron chi connectivity index (χ4n) is 1.50. The Labute approximate surface area is 103 Å². The number of hydrogen-bond donors (Lipinski definition) is 2. The Morgan fingerprint density at radius 3 is 3.06 bits per heavy atom. The topological polar surface area (TPSA) is 95.2 Å². The molecule has 17 heavy (non-hydrogen) atoms. The van der Waals surface area contributed by atoms with Crippen molar-refractivity contribution in [2.45, 2.75) is 24.1 Å². The lowest BCUT2D eigenvalue weighted by Crippen LogP contribution is -2.13. The predicted octanol–water partition coefficient (Wildman–Crippen LogP) is 0.437. The Morgan fingerprint density at radius 2 is 2.41 bits per heavy atom. The number of hydrogen-bond acceptors (Lipinski definition) is 8. The van der Waals surface area contributed by atoms with Gasteiger partial charge in [-0.15, -0.1) is 0 Å². The van der Waals surface area contributed by atoms with E-state index in [9.17, 15) is 0 Å². The van der Waals surface area contributed by atoms with E-state index in [4.69, 9.17) is 15.3 Å². The monoisotopic (exact) mass is 257 g/mol. The minimum atomic E-state index is 0.253. The van der Waals surface area contributed by atoms with Crippen LogP contribution < -0.4 is 16.0 Å². The van der Waals surface area contributed by atoms with E-state index in [0.29, 0.717) is 11.1 Å². The maximum atomic E-state index is 5.52. The fraction of sp³-hybridized carbons (Fsp3) is 0.667. The van der Waals surface area contributed by atoms with Crippen molar-refractivity contribution in [1.29, 1.82) is 0 Å². The summed E-state index contributed by atoms with van der Waals surface area (Å²) in [7, 11) is 1.50. The van der Waals surface area contributed by atoms with Crippen molar-refractivity contribution in [3.05, 3.63) is 0 Å². The third-order valence-corrected chi connectivity index (χ3v) is 3.31. The van der Waals surface area contributed by atoms with Crippen LogP contribution in [-0.4, -0.2) is 40.5 Å². The molecule has 1 aromatic heterocycles. The van der Waals surface area contributed by atoms with Crippen LogP contribution in [0.25, 0.3) is 0 Å². The molecular weight excluding hydrogens is 242 g/mol. The Kier molecular flexibility index (Phi) is 4.35. The predicted molar refractivity (Wildman–Crippen MR) is 63.9 cm³/mol. The number of nitrogen functional groups attached to an aromatic ring is 1. The SMILES string of the molecule is COc1nc(NN)nc(SCC2CCCO2)n1. The molecule has 3 N–H and O–H groups in total. The van der Waals surface area contributed by atoms with Crippen LogP contribution in [0.5, 0.6) is 6.01 Å². The summed E-state index contributed by atoms with van der Waals surface area (Å²) in [6, 6.07) is 0.253. The molecule has 0 bridgehead atoms. The summed E-state index contributed by atoms with van der Waals surface area (Å²) in [4.78, 5) is 12.2. The summed E-state index contributed by atoms with van der Waals surface area (Å²) >= 11 is 1.51. The fourth-order valence-corrected chi connectivity index (χ4v) is 2.39. The normalized spacial score (nSPS) is 19.3. The summed E-state index contributed by atoms with van der Waals surface area (Å²) in [6.45, 7) is 0.849. The average molecular weight is 257 g/mol. The molecule has 1 unspecified atom stereocenters. The molecule has 1 aromatic rings. The second-order valence-corrected chi connectivity index (χ2v) is 4.51. The molecule has 7 nitrogen and oxygen atoms in total. The summed E-state index contributed by atoms with van der Waals surface area (Å²) in [6.07, 6.45) is 2.51. The maximum absolute atomic E-state index is 5.52. The zero-order valence-electron chi connectivity index (χ0n) is 9.55. The Morgan fingerprint density at radius 1 is 1.53 bits per heavy atom. The van der Waals surface area contributed by atoms with Gasteiger partial charge in [-0.1, -0.05) is 11.8 Å². The van der Waals surface area contributed by atoms with Crippen LogP contribution in [0.3, 0.4) is 0 Å². The third-order valence-electron chi connectivity index (χ3n) is 2.33. The quantitative estimate of drug-likeness (QED) is 0.445. The lowest BCUT2D eigenvalue weighted by Gasteiger charge is -2.08. The number of nitrogens with two attached hydrogens (primary N) is 1. The van der Waals surface area contributed by atoms with E-state index in [-0.39, 0.29) is 12.1 Å². The first-order valence-electron chi connectivity index (χ1n) is 5.33. The largest absolute Gasteiger partial charge is 0.467 e. The Bertz CT molecular complexity index is 350. The smallest absolute Gasteiger partial charge is 0.321 e. The molecule has 2 heterocycles. The molecular formula is C9H15N5O2S. The van der Waals surface area contributed by atoms with Crippen molar-refractivity contribution >= 4 is 17.7 Å². The molecule has 0 amide bonds. The first-order chi connectivity index (χ1) is 8.31. The highest BCUT2D eigenvalue weighted by atomic mass is 32.2. The highest BCUT2D eigenvalue weighted by Gasteiger charge is 2.17. The number of nitrogens with one attached hydrogen (secondary N) is 1. The second-order valence-electron chi connectivity index (χ2n) is 3.52. The van der Waals surface area contributed by atoms with Crippen LogP contribution in [0.4, 0.5) is 5.95 Å². The number of ether oxygens (including phenoxy) is 2. The van der Waals surface area contributed by atoms with Crippen molar-refractivity contribution in [3.8, 4) is 6.01 Å². The molecule has 1 aliphatic heterocycles. The molecule has 94 valence electrons. The van der Waals surface area contributed by atoms with E-state index in [2.05, 4.69) is 20.4 Å². The molecule has 1 fully saturated rings. The van der Waals surface area contributed by atoms with Gasteiger partial charge in [0.05, 0.1) is 13.2 Å². The summed E-state index contributed by atoms with van der Waals surface area (Å²) in [5.41, 5.74) is 2.38. The molecule has 0 radical (unpaired) electrons. The Balaban J connectivity index is 1.98. The third kappa shape index (κ3) is 3.42. The first-order valence-corrected chi connectivity index (χ1v) is 6.31. The molecule has 0 aromatic carbocycles. The lowest BCUT2D eigenvalue weighted by molar-refractivity contribution is 0.129. The zero-order chi connectivity index (χ0) is 12.1. The van der Waals surface area contributed by atoms with Crippen molar-refractivity contribution < 1.29 is 9.47 Å². The lowest BCUT2D eigenvalue weighted by atomic mass is 10.3. The van der Waals surface area contributed by atoms with Gasteiger partial charge in [0.2, 0.25) is 5.95 Å². The van der Waals surface area contributed by atoms with Gasteiger partial charge in [-0.05, 0) is 12.8 Å². The van der Waals surface area contributed by atoms with Gasteiger partial charge in [-0.3, -0.25) is 5.43 Å². The Hall–Kier alpha value is -1.12. The van der Waals surface area contributed by atoms with E-state index in [1.807, 2.05) is 0 Å². The molecule has 1 atom stereocenters. The van der Waals surface area contributed by atoms with Crippen LogP contribution >= 0.6 is 11.8 Å². The summed E-state index contributed by atoms with van der Waals surface area (Å²) < 4.78 is 10.5. The van der Waals surface area contributed by atoms with E-state index in [0.717, 1.165) is 25.2 Å². The average Bonchev–Trinajstić information content (AvgIpc) is 2.89. The molecule has 8 heteroatoms. The second kappa shape index (κ2) is 5.99. The number of anilines is 1. The standard InChI is InChI=1S/C9H15N5O2S/c1-15-8-11-7(14-10)12-9(13-8)17-5-6-3-2-4-16-6/h6H,2-5,10H2,1H3,(H,11,12,13,14). The number of aromatic nitrogens is 3. The highest BCUT2D eigenvalue weighted by Crippen LogP contribution is 2.22. The van der Waals surface area contributed by atoms with Crippen molar-refractivity contribution in [3.63, 3.8) is 0 Å². The van der Waals surface area contributed by atoms with Crippen LogP contribution in [0.15, 0.2) is 5.16 Å². The van der Waals surface area contributed by atoms with Crippen LogP contribution in [0.1, 0.15) is 12.8 Å². The minimum absolute atomic E-state index is 0.253. The van der Waals surface area contributed by atoms with E-state index in [1.165, 1.54) is 18.9 Å². The highest BCUT2D eigenvalue weighted by molar-refractivity contribution is 7.99. The zero-order valence-corrected chi connectivity index (χ0v) is 10.4.